The first-order valence-electron chi connectivity index (χ1n) is 6.70. The van der Waals surface area contributed by atoms with Gasteiger partial charge >= 0.3 is 0 Å². The zero-order chi connectivity index (χ0) is 14.4. The van der Waals surface area contributed by atoms with Crippen molar-refractivity contribution in [1.29, 1.82) is 0 Å². The minimum Gasteiger partial charge on any atom is -0.508 e. The van der Waals surface area contributed by atoms with Crippen LogP contribution in [0.2, 0.25) is 0 Å². The van der Waals surface area contributed by atoms with Crippen molar-refractivity contribution < 1.29 is 14.6 Å². The summed E-state index contributed by atoms with van der Waals surface area (Å²) >= 11 is 0. The SMILES string of the molecule is CCNC(=O)CC(C)c1ccc(OC(C)C)cc1O. The standard InChI is InChI=1S/C15H23NO3/c1-5-16-15(18)8-11(4)13-7-6-12(9-14(13)17)19-10(2)3/h6-7,9-11,17H,5,8H2,1-4H3,(H,16,18). The van der Waals surface area contributed by atoms with E-state index in [1.54, 1.807) is 6.07 Å². The highest BCUT2D eigenvalue weighted by molar-refractivity contribution is 5.76. The number of hydrogen-bond donors (Lipinski definition) is 2. The lowest BCUT2D eigenvalue weighted by Crippen LogP contribution is -2.23. The molecule has 0 saturated carbocycles. The van der Waals surface area contributed by atoms with E-state index in [4.69, 9.17) is 4.74 Å². The number of hydrogen-bond acceptors (Lipinski definition) is 3. The number of amides is 1. The fourth-order valence-electron chi connectivity index (χ4n) is 1.94. The number of phenolic OH excluding ortho intramolecular Hbond substituents is 1. The predicted octanol–water partition coefficient (Wildman–Crippen LogP) is 2.81. The molecule has 0 spiro atoms. The summed E-state index contributed by atoms with van der Waals surface area (Å²) in [7, 11) is 0. The number of benzene rings is 1. The third kappa shape index (κ3) is 4.81. The highest BCUT2D eigenvalue weighted by Gasteiger charge is 2.15. The summed E-state index contributed by atoms with van der Waals surface area (Å²) in [6.07, 6.45) is 0.434. The van der Waals surface area contributed by atoms with Gasteiger partial charge in [-0.15, -0.1) is 0 Å². The topological polar surface area (TPSA) is 58.6 Å². The molecule has 0 aliphatic rings. The van der Waals surface area contributed by atoms with Crippen LogP contribution in [0.5, 0.6) is 11.5 Å². The lowest BCUT2D eigenvalue weighted by atomic mass is 9.96. The van der Waals surface area contributed by atoms with Crippen LogP contribution < -0.4 is 10.1 Å². The van der Waals surface area contributed by atoms with E-state index < -0.39 is 0 Å². The molecule has 0 saturated heterocycles. The summed E-state index contributed by atoms with van der Waals surface area (Å²) in [5.41, 5.74) is 0.766. The van der Waals surface area contributed by atoms with E-state index in [1.807, 2.05) is 39.8 Å². The summed E-state index contributed by atoms with van der Waals surface area (Å²) in [5.74, 6) is 0.785. The Morgan fingerprint density at radius 3 is 2.58 bits per heavy atom. The number of carbonyl (C=O) groups excluding carboxylic acids is 1. The van der Waals surface area contributed by atoms with E-state index in [0.717, 1.165) is 5.56 Å². The molecule has 0 fully saturated rings. The van der Waals surface area contributed by atoms with Gasteiger partial charge in [-0.1, -0.05) is 13.0 Å². The Morgan fingerprint density at radius 1 is 1.37 bits per heavy atom. The highest BCUT2D eigenvalue weighted by Crippen LogP contribution is 2.31. The van der Waals surface area contributed by atoms with E-state index in [1.165, 1.54) is 0 Å². The largest absolute Gasteiger partial charge is 0.508 e. The number of ether oxygens (including phenoxy) is 1. The van der Waals surface area contributed by atoms with Crippen molar-refractivity contribution >= 4 is 5.91 Å². The van der Waals surface area contributed by atoms with Gasteiger partial charge in [-0.2, -0.15) is 0 Å². The van der Waals surface area contributed by atoms with E-state index >= 15 is 0 Å². The average molecular weight is 265 g/mol. The lowest BCUT2D eigenvalue weighted by molar-refractivity contribution is -0.121. The van der Waals surface area contributed by atoms with Crippen LogP contribution in [0.4, 0.5) is 0 Å². The van der Waals surface area contributed by atoms with Crippen molar-refractivity contribution in [3.05, 3.63) is 23.8 Å². The fourth-order valence-corrected chi connectivity index (χ4v) is 1.94. The van der Waals surface area contributed by atoms with Crippen LogP contribution in [-0.4, -0.2) is 23.7 Å². The monoisotopic (exact) mass is 265 g/mol. The molecular formula is C15H23NO3. The predicted molar refractivity (Wildman–Crippen MR) is 75.6 cm³/mol. The number of rotatable bonds is 6. The van der Waals surface area contributed by atoms with Crippen LogP contribution in [0.15, 0.2) is 18.2 Å². The summed E-state index contributed by atoms with van der Waals surface area (Å²) in [6, 6.07) is 5.24. The minimum atomic E-state index is -0.0281. The Morgan fingerprint density at radius 2 is 2.05 bits per heavy atom. The Labute approximate surface area is 114 Å². The molecule has 1 atom stereocenters. The average Bonchev–Trinajstić information content (AvgIpc) is 2.27. The molecule has 2 N–H and O–H groups in total. The van der Waals surface area contributed by atoms with Gasteiger partial charge in [0.15, 0.2) is 0 Å². The Bertz CT molecular complexity index is 429. The van der Waals surface area contributed by atoms with Crippen molar-refractivity contribution in [2.75, 3.05) is 6.54 Å². The number of aromatic hydroxyl groups is 1. The zero-order valence-corrected chi connectivity index (χ0v) is 12.1. The van der Waals surface area contributed by atoms with Crippen LogP contribution in [0.25, 0.3) is 0 Å². The van der Waals surface area contributed by atoms with Crippen molar-refractivity contribution in [3.63, 3.8) is 0 Å². The fraction of sp³-hybridized carbons (Fsp3) is 0.533. The molecule has 0 aromatic heterocycles. The first-order valence-corrected chi connectivity index (χ1v) is 6.70. The third-order valence-electron chi connectivity index (χ3n) is 2.77. The van der Waals surface area contributed by atoms with Gasteiger partial charge in [0, 0.05) is 19.0 Å². The molecule has 0 aliphatic heterocycles. The van der Waals surface area contributed by atoms with Crippen LogP contribution in [-0.2, 0) is 4.79 Å². The van der Waals surface area contributed by atoms with Crippen molar-refractivity contribution in [2.24, 2.45) is 0 Å². The molecule has 0 bridgehead atoms. The summed E-state index contributed by atoms with van der Waals surface area (Å²) in [5, 5.41) is 12.8. The maximum absolute atomic E-state index is 11.5. The Kier molecular flexibility index (Phi) is 5.67. The molecule has 1 aromatic rings. The maximum atomic E-state index is 11.5. The smallest absolute Gasteiger partial charge is 0.220 e. The van der Waals surface area contributed by atoms with Gasteiger partial charge in [0.05, 0.1) is 6.10 Å². The molecule has 1 amide bonds. The Balaban J connectivity index is 2.75. The first kappa shape index (κ1) is 15.3. The molecule has 0 aliphatic carbocycles. The molecule has 1 rings (SSSR count). The quantitative estimate of drug-likeness (QED) is 0.831. The summed E-state index contributed by atoms with van der Waals surface area (Å²) < 4.78 is 5.51. The van der Waals surface area contributed by atoms with Crippen molar-refractivity contribution in [2.45, 2.75) is 46.1 Å². The van der Waals surface area contributed by atoms with Gasteiger partial charge in [0.25, 0.3) is 0 Å². The van der Waals surface area contributed by atoms with Crippen LogP contribution in [0.3, 0.4) is 0 Å². The van der Waals surface area contributed by atoms with Gasteiger partial charge < -0.3 is 15.2 Å². The molecule has 4 heteroatoms. The van der Waals surface area contributed by atoms with E-state index in [0.29, 0.717) is 18.7 Å². The van der Waals surface area contributed by atoms with E-state index in [2.05, 4.69) is 5.32 Å². The van der Waals surface area contributed by atoms with Crippen molar-refractivity contribution in [1.82, 2.24) is 5.32 Å². The molecule has 0 heterocycles. The van der Waals surface area contributed by atoms with Gasteiger partial charge in [-0.3, -0.25) is 4.79 Å². The minimum absolute atomic E-state index is 0.00286. The molecule has 19 heavy (non-hydrogen) atoms. The lowest BCUT2D eigenvalue weighted by Gasteiger charge is -2.15. The second-order valence-electron chi connectivity index (χ2n) is 4.95. The molecular weight excluding hydrogens is 242 g/mol. The van der Waals surface area contributed by atoms with Gasteiger partial charge in [0.1, 0.15) is 11.5 Å². The molecule has 1 unspecified atom stereocenters. The van der Waals surface area contributed by atoms with E-state index in [9.17, 15) is 9.90 Å². The number of nitrogens with one attached hydrogen (secondary N) is 1. The second-order valence-corrected chi connectivity index (χ2v) is 4.95. The van der Waals surface area contributed by atoms with E-state index in [-0.39, 0.29) is 23.7 Å². The molecule has 106 valence electrons. The van der Waals surface area contributed by atoms with Crippen LogP contribution in [0.1, 0.15) is 45.6 Å². The number of phenols is 1. The second kappa shape index (κ2) is 7.02. The summed E-state index contributed by atoms with van der Waals surface area (Å²) in [6.45, 7) is 8.30. The van der Waals surface area contributed by atoms with Gasteiger partial charge in [0.2, 0.25) is 5.91 Å². The first-order chi connectivity index (χ1) is 8.93. The zero-order valence-electron chi connectivity index (χ0n) is 12.1. The molecule has 1 aromatic carbocycles. The van der Waals surface area contributed by atoms with Crippen LogP contribution >= 0.6 is 0 Å². The van der Waals surface area contributed by atoms with Crippen LogP contribution in [0, 0.1) is 0 Å². The number of carbonyl (C=O) groups is 1. The Hall–Kier alpha value is -1.71. The highest BCUT2D eigenvalue weighted by atomic mass is 16.5. The molecule has 4 nitrogen and oxygen atoms in total. The van der Waals surface area contributed by atoms with Gasteiger partial charge in [-0.05, 0) is 38.3 Å². The van der Waals surface area contributed by atoms with Crippen molar-refractivity contribution in [3.8, 4) is 11.5 Å². The molecule has 0 radical (unpaired) electrons. The summed E-state index contributed by atoms with van der Waals surface area (Å²) in [4.78, 5) is 11.5. The maximum Gasteiger partial charge on any atom is 0.220 e. The van der Waals surface area contributed by atoms with Gasteiger partial charge in [-0.25, -0.2) is 0 Å². The normalized spacial score (nSPS) is 12.3. The third-order valence-corrected chi connectivity index (χ3v) is 2.77.